The molecule has 0 aliphatic carbocycles. The number of carbonyl (C=O) groups excluding carboxylic acids is 2. The molecule has 2 amide bonds. The van der Waals surface area contributed by atoms with Crippen LogP contribution in [-0.2, 0) is 32.2 Å². The Bertz CT molecular complexity index is 1580. The van der Waals surface area contributed by atoms with Crippen LogP contribution in [0.1, 0.15) is 86.0 Å². The van der Waals surface area contributed by atoms with E-state index in [2.05, 4.69) is 10.2 Å². The number of nitrogens with one attached hydrogen (secondary N) is 1. The van der Waals surface area contributed by atoms with Crippen LogP contribution in [0.4, 0.5) is 13.2 Å². The van der Waals surface area contributed by atoms with E-state index in [1.807, 2.05) is 72.8 Å². The van der Waals surface area contributed by atoms with Crippen molar-refractivity contribution in [3.8, 4) is 11.1 Å². The lowest BCUT2D eigenvalue weighted by Gasteiger charge is -2.38. The van der Waals surface area contributed by atoms with Crippen molar-refractivity contribution in [1.29, 1.82) is 0 Å². The number of rotatable bonds is 9. The van der Waals surface area contributed by atoms with Crippen molar-refractivity contribution in [3.05, 3.63) is 95.1 Å². The largest absolute Gasteiger partial charge is 0.471 e. The van der Waals surface area contributed by atoms with Gasteiger partial charge in [0, 0.05) is 31.6 Å². The molecule has 4 atom stereocenters. The SMILES string of the molecule is O=C(NCc1cccc(-c2ccc([C@@H]3O[C@H](CN4CCCCCCC4)C[C@H](c4ccc(CO)cc4)O3)cc2)c1)[C@@H]1CCCN1C(=O)C(F)(F)F. The second-order valence-corrected chi connectivity index (χ2v) is 13.6. The highest BCUT2D eigenvalue weighted by Crippen LogP contribution is 2.39. The molecule has 3 saturated heterocycles. The number of ether oxygens (including phenoxy) is 2. The lowest BCUT2D eigenvalue weighted by Crippen LogP contribution is -2.50. The molecule has 3 heterocycles. The molecule has 0 spiro atoms. The van der Waals surface area contributed by atoms with E-state index in [9.17, 15) is 27.9 Å². The van der Waals surface area contributed by atoms with Gasteiger partial charge in [-0.2, -0.15) is 13.2 Å². The van der Waals surface area contributed by atoms with E-state index < -0.39 is 30.3 Å². The number of aliphatic hydroxyl groups is 1. The highest BCUT2D eigenvalue weighted by atomic mass is 19.4. The number of nitrogens with zero attached hydrogens (tertiary/aromatic N) is 2. The van der Waals surface area contributed by atoms with Crippen LogP contribution in [0.2, 0.25) is 0 Å². The summed E-state index contributed by atoms with van der Waals surface area (Å²) in [5.41, 5.74) is 5.47. The van der Waals surface area contributed by atoms with Gasteiger partial charge in [0.25, 0.3) is 0 Å². The average molecular weight is 694 g/mol. The molecule has 0 unspecified atom stereocenters. The zero-order valence-corrected chi connectivity index (χ0v) is 28.2. The van der Waals surface area contributed by atoms with Crippen molar-refractivity contribution in [2.24, 2.45) is 0 Å². The number of likely N-dealkylation sites (tertiary alicyclic amines) is 2. The summed E-state index contributed by atoms with van der Waals surface area (Å²) in [4.78, 5) is 27.8. The third kappa shape index (κ3) is 9.11. The Balaban J connectivity index is 1.12. The summed E-state index contributed by atoms with van der Waals surface area (Å²) in [7, 11) is 0. The number of aliphatic hydroxyl groups excluding tert-OH is 1. The van der Waals surface area contributed by atoms with Crippen LogP contribution in [0, 0.1) is 0 Å². The third-order valence-corrected chi connectivity index (χ3v) is 9.99. The first-order valence-corrected chi connectivity index (χ1v) is 17.8. The number of carbonyl (C=O) groups is 2. The minimum Gasteiger partial charge on any atom is -0.392 e. The molecule has 3 aliphatic rings. The molecule has 0 saturated carbocycles. The van der Waals surface area contributed by atoms with Gasteiger partial charge in [-0.15, -0.1) is 0 Å². The molecule has 6 rings (SSSR count). The molecule has 50 heavy (non-hydrogen) atoms. The summed E-state index contributed by atoms with van der Waals surface area (Å²) in [6.07, 6.45) is 1.81. The molecule has 268 valence electrons. The summed E-state index contributed by atoms with van der Waals surface area (Å²) in [5, 5.41) is 12.3. The van der Waals surface area contributed by atoms with E-state index in [1.165, 1.54) is 32.1 Å². The monoisotopic (exact) mass is 693 g/mol. The smallest absolute Gasteiger partial charge is 0.392 e. The minimum atomic E-state index is -5.01. The maximum Gasteiger partial charge on any atom is 0.471 e. The maximum atomic E-state index is 13.0. The summed E-state index contributed by atoms with van der Waals surface area (Å²) in [6.45, 7) is 3.04. The molecule has 3 fully saturated rings. The first-order chi connectivity index (χ1) is 24.2. The van der Waals surface area contributed by atoms with E-state index in [1.54, 1.807) is 0 Å². The van der Waals surface area contributed by atoms with Crippen molar-refractivity contribution >= 4 is 11.8 Å². The number of alkyl halides is 3. The summed E-state index contributed by atoms with van der Waals surface area (Å²) < 4.78 is 52.2. The van der Waals surface area contributed by atoms with Crippen LogP contribution >= 0.6 is 0 Å². The predicted octanol–water partition coefficient (Wildman–Crippen LogP) is 6.83. The molecule has 3 aliphatic heterocycles. The molecule has 0 radical (unpaired) electrons. The highest BCUT2D eigenvalue weighted by molar-refractivity contribution is 5.90. The van der Waals surface area contributed by atoms with Gasteiger partial charge in [0.2, 0.25) is 5.91 Å². The van der Waals surface area contributed by atoms with Crippen LogP contribution in [-0.4, -0.2) is 71.2 Å². The quantitative estimate of drug-likeness (QED) is 0.256. The Labute approximate surface area is 291 Å². The first kappa shape index (κ1) is 36.0. The Kier molecular flexibility index (Phi) is 11.9. The fourth-order valence-corrected chi connectivity index (χ4v) is 7.26. The van der Waals surface area contributed by atoms with Crippen molar-refractivity contribution in [1.82, 2.24) is 15.1 Å². The van der Waals surface area contributed by atoms with E-state index >= 15 is 0 Å². The Morgan fingerprint density at radius 3 is 2.20 bits per heavy atom. The third-order valence-electron chi connectivity index (χ3n) is 9.99. The average Bonchev–Trinajstić information content (AvgIpc) is 3.61. The van der Waals surface area contributed by atoms with E-state index in [-0.39, 0.29) is 38.3 Å². The Morgan fingerprint density at radius 2 is 1.50 bits per heavy atom. The van der Waals surface area contributed by atoms with Crippen LogP contribution in [0.3, 0.4) is 0 Å². The topological polar surface area (TPSA) is 91.3 Å². The summed E-state index contributed by atoms with van der Waals surface area (Å²) in [5.74, 6) is -2.56. The van der Waals surface area contributed by atoms with Crippen molar-refractivity contribution in [3.63, 3.8) is 0 Å². The second kappa shape index (κ2) is 16.5. The summed E-state index contributed by atoms with van der Waals surface area (Å²) >= 11 is 0. The molecule has 8 nitrogen and oxygen atoms in total. The zero-order valence-electron chi connectivity index (χ0n) is 28.2. The van der Waals surface area contributed by atoms with E-state index in [0.717, 1.165) is 59.4 Å². The predicted molar refractivity (Wildman–Crippen MR) is 182 cm³/mol. The Morgan fingerprint density at radius 1 is 0.800 bits per heavy atom. The molecule has 11 heteroatoms. The molecule has 3 aromatic carbocycles. The number of benzene rings is 3. The van der Waals surface area contributed by atoms with Gasteiger partial charge in [0.1, 0.15) is 6.04 Å². The fourth-order valence-electron chi connectivity index (χ4n) is 7.26. The van der Waals surface area contributed by atoms with Gasteiger partial charge in [-0.1, -0.05) is 86.0 Å². The molecule has 2 N–H and O–H groups in total. The highest BCUT2D eigenvalue weighted by Gasteiger charge is 2.47. The minimum absolute atomic E-state index is 0.00818. The second-order valence-electron chi connectivity index (χ2n) is 13.6. The lowest BCUT2D eigenvalue weighted by atomic mass is 9.98. The molecular formula is C39H46F3N3O5. The van der Waals surface area contributed by atoms with Gasteiger partial charge in [0.15, 0.2) is 6.29 Å². The first-order valence-electron chi connectivity index (χ1n) is 17.8. The number of amides is 2. The molecule has 0 aromatic heterocycles. The van der Waals surface area contributed by atoms with Gasteiger partial charge in [0.05, 0.1) is 18.8 Å². The zero-order chi connectivity index (χ0) is 35.1. The van der Waals surface area contributed by atoms with Gasteiger partial charge in [-0.3, -0.25) is 9.59 Å². The van der Waals surface area contributed by atoms with E-state index in [0.29, 0.717) is 11.3 Å². The van der Waals surface area contributed by atoms with Gasteiger partial charge < -0.3 is 29.7 Å². The maximum absolute atomic E-state index is 13.0. The lowest BCUT2D eigenvalue weighted by molar-refractivity contribution is -0.253. The fraction of sp³-hybridized carbons (Fsp3) is 0.487. The van der Waals surface area contributed by atoms with Gasteiger partial charge >= 0.3 is 12.1 Å². The normalized spacial score (nSPS) is 23.6. The van der Waals surface area contributed by atoms with Crippen LogP contribution < -0.4 is 5.32 Å². The molecule has 3 aromatic rings. The van der Waals surface area contributed by atoms with Crippen LogP contribution in [0.25, 0.3) is 11.1 Å². The number of halogens is 3. The molecular weight excluding hydrogens is 647 g/mol. The van der Waals surface area contributed by atoms with Crippen molar-refractivity contribution in [2.75, 3.05) is 26.2 Å². The van der Waals surface area contributed by atoms with Crippen molar-refractivity contribution in [2.45, 2.75) is 95.2 Å². The van der Waals surface area contributed by atoms with Gasteiger partial charge in [-0.25, -0.2) is 0 Å². The van der Waals surface area contributed by atoms with Crippen LogP contribution in [0.15, 0.2) is 72.8 Å². The van der Waals surface area contributed by atoms with Crippen LogP contribution in [0.5, 0.6) is 0 Å². The number of hydrogen-bond donors (Lipinski definition) is 2. The van der Waals surface area contributed by atoms with Gasteiger partial charge in [-0.05, 0) is 72.7 Å². The number of hydrogen-bond acceptors (Lipinski definition) is 6. The summed E-state index contributed by atoms with van der Waals surface area (Å²) in [6, 6.07) is 22.4. The van der Waals surface area contributed by atoms with E-state index in [4.69, 9.17) is 9.47 Å². The van der Waals surface area contributed by atoms with Crippen molar-refractivity contribution < 1.29 is 37.3 Å². The standard InChI is InChI=1S/C39H46F3N3O5/c40-39(41,42)38(48)45-21-7-10-34(45)36(47)43-24-28-8-6-9-32(22-28)29-15-17-31(18-16-29)37-49-33(25-44-19-4-2-1-3-5-20-44)23-35(50-37)30-13-11-27(26-46)12-14-30/h6,8-9,11-18,22,33-35,37,46H,1-5,7,10,19-21,23-26H2,(H,43,47)/t33-,34-,35+,37+/m0/s1. The molecule has 0 bridgehead atoms. The Hall–Kier alpha value is -3.77.